The first kappa shape index (κ1) is 12.7. The fraction of sp³-hybridized carbons (Fsp3) is 1.00. The van der Waals surface area contributed by atoms with Gasteiger partial charge in [-0.1, -0.05) is 27.2 Å². The number of rotatable bonds is 6. The molecule has 2 heteroatoms. The lowest BCUT2D eigenvalue weighted by molar-refractivity contribution is 0.494. The molecule has 0 N–H and O–H groups in total. The zero-order valence-electron chi connectivity index (χ0n) is 8.45. The lowest BCUT2D eigenvalue weighted by Gasteiger charge is -2.16. The van der Waals surface area contributed by atoms with E-state index in [0.29, 0.717) is 10.5 Å². The summed E-state index contributed by atoms with van der Waals surface area (Å²) in [5.41, 5.74) is 0. The van der Waals surface area contributed by atoms with E-state index in [2.05, 4.69) is 46.0 Å². The highest BCUT2D eigenvalue weighted by Crippen LogP contribution is 2.19. The van der Waals surface area contributed by atoms with Crippen LogP contribution in [0.1, 0.15) is 46.5 Å². The van der Waals surface area contributed by atoms with Crippen LogP contribution in [0.3, 0.4) is 0 Å². The smallest absolute Gasteiger partial charge is 0.00168 e. The summed E-state index contributed by atoms with van der Waals surface area (Å²) in [6.45, 7) is 6.65. The third-order valence-corrected chi connectivity index (χ3v) is 3.43. The van der Waals surface area contributed by atoms with E-state index in [4.69, 9.17) is 0 Å². The lowest BCUT2D eigenvalue weighted by atomic mass is 10.00. The summed E-state index contributed by atoms with van der Waals surface area (Å²) < 4.78 is 0. The highest BCUT2D eigenvalue weighted by Gasteiger charge is 2.09. The fourth-order valence-electron chi connectivity index (χ4n) is 1.17. The summed E-state index contributed by atoms with van der Waals surface area (Å²) in [6, 6.07) is 0. The van der Waals surface area contributed by atoms with Gasteiger partial charge in [-0.05, 0) is 25.2 Å². The van der Waals surface area contributed by atoms with Crippen LogP contribution in [-0.4, -0.2) is 10.5 Å². The van der Waals surface area contributed by atoms with Gasteiger partial charge in [0, 0.05) is 10.5 Å². The van der Waals surface area contributed by atoms with Crippen molar-refractivity contribution in [3.8, 4) is 0 Å². The highest BCUT2D eigenvalue weighted by atomic mass is 32.1. The minimum Gasteiger partial charge on any atom is -0.176 e. The standard InChI is InChI=1S/C10H22S2/c1-4-5-10(12)7-6-8(2)9(3)11/h8-12H,4-7H2,1-3H3. The molecule has 0 nitrogen and oxygen atoms in total. The number of hydrogen-bond donors (Lipinski definition) is 2. The molecule has 0 aromatic rings. The van der Waals surface area contributed by atoms with Gasteiger partial charge in [0.05, 0.1) is 0 Å². The number of thiol groups is 2. The summed E-state index contributed by atoms with van der Waals surface area (Å²) in [7, 11) is 0. The predicted octanol–water partition coefficient (Wildman–Crippen LogP) is 3.82. The largest absolute Gasteiger partial charge is 0.176 e. The fourth-order valence-corrected chi connectivity index (χ4v) is 1.73. The van der Waals surface area contributed by atoms with Crippen LogP contribution >= 0.6 is 25.3 Å². The maximum Gasteiger partial charge on any atom is 0.00168 e. The zero-order chi connectivity index (χ0) is 9.56. The molecule has 3 atom stereocenters. The molecule has 0 spiro atoms. The average Bonchev–Trinajstić information content (AvgIpc) is 2.00. The Morgan fingerprint density at radius 1 is 1.00 bits per heavy atom. The van der Waals surface area contributed by atoms with E-state index in [9.17, 15) is 0 Å². The molecule has 0 aliphatic heterocycles. The van der Waals surface area contributed by atoms with Crippen molar-refractivity contribution in [1.82, 2.24) is 0 Å². The van der Waals surface area contributed by atoms with Gasteiger partial charge in [0.1, 0.15) is 0 Å². The van der Waals surface area contributed by atoms with Crippen molar-refractivity contribution < 1.29 is 0 Å². The minimum atomic E-state index is 0.521. The third kappa shape index (κ3) is 6.24. The van der Waals surface area contributed by atoms with E-state index >= 15 is 0 Å². The minimum absolute atomic E-state index is 0.521. The van der Waals surface area contributed by atoms with Crippen molar-refractivity contribution in [1.29, 1.82) is 0 Å². The predicted molar refractivity (Wildman–Crippen MR) is 64.5 cm³/mol. The molecule has 3 unspecified atom stereocenters. The van der Waals surface area contributed by atoms with Crippen LogP contribution in [0.5, 0.6) is 0 Å². The monoisotopic (exact) mass is 206 g/mol. The van der Waals surface area contributed by atoms with Crippen LogP contribution < -0.4 is 0 Å². The molecule has 0 heterocycles. The van der Waals surface area contributed by atoms with E-state index in [-0.39, 0.29) is 0 Å². The van der Waals surface area contributed by atoms with E-state index in [0.717, 1.165) is 5.92 Å². The Kier molecular flexibility index (Phi) is 7.55. The maximum atomic E-state index is 4.53. The maximum absolute atomic E-state index is 4.53. The van der Waals surface area contributed by atoms with Gasteiger partial charge in [-0.25, -0.2) is 0 Å². The van der Waals surface area contributed by atoms with Crippen molar-refractivity contribution in [2.24, 2.45) is 5.92 Å². The van der Waals surface area contributed by atoms with Crippen molar-refractivity contribution in [2.45, 2.75) is 57.0 Å². The van der Waals surface area contributed by atoms with Gasteiger partial charge in [-0.15, -0.1) is 0 Å². The van der Waals surface area contributed by atoms with Crippen LogP contribution in [0, 0.1) is 5.92 Å². The Morgan fingerprint density at radius 3 is 2.00 bits per heavy atom. The van der Waals surface area contributed by atoms with Crippen LogP contribution in [0.4, 0.5) is 0 Å². The Morgan fingerprint density at radius 2 is 1.58 bits per heavy atom. The van der Waals surface area contributed by atoms with E-state index in [1.165, 1.54) is 25.7 Å². The summed E-state index contributed by atoms with van der Waals surface area (Å²) in [6.07, 6.45) is 5.00. The molecule has 0 aliphatic rings. The second kappa shape index (κ2) is 7.14. The second-order valence-electron chi connectivity index (χ2n) is 3.74. The summed E-state index contributed by atoms with van der Waals surface area (Å²) >= 11 is 8.95. The lowest BCUT2D eigenvalue weighted by Crippen LogP contribution is -2.09. The van der Waals surface area contributed by atoms with Crippen molar-refractivity contribution >= 4 is 25.3 Å². The van der Waals surface area contributed by atoms with Gasteiger partial charge in [0.25, 0.3) is 0 Å². The van der Waals surface area contributed by atoms with E-state index < -0.39 is 0 Å². The normalized spacial score (nSPS) is 18.8. The van der Waals surface area contributed by atoms with Gasteiger partial charge in [0.2, 0.25) is 0 Å². The molecule has 0 fully saturated rings. The van der Waals surface area contributed by atoms with Crippen LogP contribution in [0.2, 0.25) is 0 Å². The summed E-state index contributed by atoms with van der Waals surface area (Å²) in [5, 5.41) is 1.12. The first-order valence-corrected chi connectivity index (χ1v) is 5.97. The molecule has 0 amide bonds. The molecule has 0 radical (unpaired) electrons. The molecule has 0 saturated heterocycles. The quantitative estimate of drug-likeness (QED) is 0.607. The third-order valence-electron chi connectivity index (χ3n) is 2.40. The molecule has 74 valence electrons. The Bertz CT molecular complexity index is 102. The van der Waals surface area contributed by atoms with E-state index in [1.54, 1.807) is 0 Å². The number of hydrogen-bond acceptors (Lipinski definition) is 2. The molecule has 0 aromatic heterocycles. The molecular formula is C10H22S2. The molecular weight excluding hydrogens is 184 g/mol. The van der Waals surface area contributed by atoms with Gasteiger partial charge >= 0.3 is 0 Å². The topological polar surface area (TPSA) is 0 Å². The Hall–Kier alpha value is 0.700. The van der Waals surface area contributed by atoms with Gasteiger partial charge in [0.15, 0.2) is 0 Å². The van der Waals surface area contributed by atoms with Crippen LogP contribution in [0.15, 0.2) is 0 Å². The van der Waals surface area contributed by atoms with Gasteiger partial charge < -0.3 is 0 Å². The Balaban J connectivity index is 3.40. The van der Waals surface area contributed by atoms with Crippen molar-refractivity contribution in [3.05, 3.63) is 0 Å². The highest BCUT2D eigenvalue weighted by molar-refractivity contribution is 7.81. The van der Waals surface area contributed by atoms with Gasteiger partial charge in [-0.2, -0.15) is 25.3 Å². The molecule has 0 aliphatic carbocycles. The summed E-state index contributed by atoms with van der Waals surface area (Å²) in [4.78, 5) is 0. The van der Waals surface area contributed by atoms with Crippen LogP contribution in [-0.2, 0) is 0 Å². The summed E-state index contributed by atoms with van der Waals surface area (Å²) in [5.74, 6) is 0.722. The molecule has 0 bridgehead atoms. The molecule has 12 heavy (non-hydrogen) atoms. The van der Waals surface area contributed by atoms with Crippen molar-refractivity contribution in [2.75, 3.05) is 0 Å². The first-order valence-electron chi connectivity index (χ1n) is 4.94. The molecule has 0 rings (SSSR count). The van der Waals surface area contributed by atoms with Gasteiger partial charge in [-0.3, -0.25) is 0 Å². The van der Waals surface area contributed by atoms with Crippen molar-refractivity contribution in [3.63, 3.8) is 0 Å². The average molecular weight is 206 g/mol. The SMILES string of the molecule is CCCC(S)CCC(C)C(C)S. The second-order valence-corrected chi connectivity index (χ2v) is 5.28. The molecule has 0 saturated carbocycles. The zero-order valence-corrected chi connectivity index (χ0v) is 10.2. The Labute approximate surface area is 88.3 Å². The van der Waals surface area contributed by atoms with E-state index in [1.807, 2.05) is 0 Å². The molecule has 0 aromatic carbocycles. The first-order chi connectivity index (χ1) is 5.57. The van der Waals surface area contributed by atoms with Crippen LogP contribution in [0.25, 0.3) is 0 Å².